The number of carbonyl (C=O) groups is 1. The summed E-state index contributed by atoms with van der Waals surface area (Å²) in [6.07, 6.45) is -4.55. The number of unbranched alkanes of at least 4 members (excludes halogenated alkanes) is 3. The number of carboxylic acid groups (broad SMARTS) is 1. The summed E-state index contributed by atoms with van der Waals surface area (Å²) in [6, 6.07) is 0. The Morgan fingerprint density at radius 1 is 1.13 bits per heavy atom. The third kappa shape index (κ3) is 3.68. The molecule has 0 heterocycles. The van der Waals surface area contributed by atoms with Crippen molar-refractivity contribution in [3.05, 3.63) is 0 Å². The van der Waals surface area contributed by atoms with E-state index in [1.54, 1.807) is 0 Å². The van der Waals surface area contributed by atoms with Gasteiger partial charge in [0, 0.05) is 6.42 Å². The molecule has 6 heteroatoms. The van der Waals surface area contributed by atoms with Crippen LogP contribution in [0.5, 0.6) is 0 Å². The molecule has 0 saturated heterocycles. The van der Waals surface area contributed by atoms with Gasteiger partial charge in [0.15, 0.2) is 0 Å². The van der Waals surface area contributed by atoms with Crippen molar-refractivity contribution < 1.29 is 27.5 Å². The van der Waals surface area contributed by atoms with Crippen LogP contribution in [0.3, 0.4) is 0 Å². The number of alkyl halides is 4. The molecule has 0 saturated carbocycles. The molecule has 0 rings (SSSR count). The third-order valence-corrected chi connectivity index (χ3v) is 2.16. The molecule has 1 N–H and O–H groups in total. The first-order valence-corrected chi connectivity index (χ1v) is 4.74. The first-order valence-electron chi connectivity index (χ1n) is 4.74. The van der Waals surface area contributed by atoms with E-state index in [-0.39, 0.29) is 6.42 Å². The number of carboxylic acids is 1. The van der Waals surface area contributed by atoms with E-state index in [4.69, 9.17) is 5.11 Å². The maximum atomic E-state index is 13.1. The van der Waals surface area contributed by atoms with Crippen LogP contribution < -0.4 is 0 Å². The molecule has 1 atom stereocenters. The molecule has 0 spiro atoms. The first kappa shape index (κ1) is 14.2. The highest BCUT2D eigenvalue weighted by Gasteiger charge is 2.61. The minimum absolute atomic E-state index is 0.0733. The van der Waals surface area contributed by atoms with Crippen molar-refractivity contribution in [2.75, 3.05) is 0 Å². The number of hydrogen-bond acceptors (Lipinski definition) is 1. The number of halogens is 4. The van der Waals surface area contributed by atoms with Crippen molar-refractivity contribution in [2.24, 2.45) is 0 Å². The van der Waals surface area contributed by atoms with Crippen LogP contribution in [-0.4, -0.2) is 22.9 Å². The van der Waals surface area contributed by atoms with E-state index in [0.29, 0.717) is 12.8 Å². The molecule has 90 valence electrons. The highest BCUT2D eigenvalue weighted by molar-refractivity contribution is 5.78. The first-order chi connectivity index (χ1) is 6.75. The van der Waals surface area contributed by atoms with E-state index in [2.05, 4.69) is 0 Å². The highest BCUT2D eigenvalue weighted by Crippen LogP contribution is 2.38. The fourth-order valence-corrected chi connectivity index (χ4v) is 1.17. The maximum absolute atomic E-state index is 13.1. The molecule has 0 aliphatic rings. The molecule has 0 aliphatic heterocycles. The van der Waals surface area contributed by atoms with Gasteiger partial charge < -0.3 is 5.11 Å². The van der Waals surface area contributed by atoms with Crippen LogP contribution in [0, 0.1) is 0 Å². The number of hydrogen-bond donors (Lipinski definition) is 1. The normalized spacial score (nSPS) is 16.1. The van der Waals surface area contributed by atoms with Crippen LogP contribution in [-0.2, 0) is 4.79 Å². The number of rotatable bonds is 6. The van der Waals surface area contributed by atoms with Gasteiger partial charge in [0.05, 0.1) is 0 Å². The molecular formula is C9H14F4O2. The van der Waals surface area contributed by atoms with E-state index in [1.165, 1.54) is 0 Å². The summed E-state index contributed by atoms with van der Waals surface area (Å²) in [5.41, 5.74) is -4.10. The lowest BCUT2D eigenvalue weighted by Gasteiger charge is -2.23. The monoisotopic (exact) mass is 230 g/mol. The van der Waals surface area contributed by atoms with Gasteiger partial charge in [-0.3, -0.25) is 0 Å². The molecule has 0 bridgehead atoms. The molecule has 0 aromatic heterocycles. The van der Waals surface area contributed by atoms with Crippen LogP contribution in [0.4, 0.5) is 17.6 Å². The van der Waals surface area contributed by atoms with Crippen LogP contribution in [0.2, 0.25) is 0 Å². The van der Waals surface area contributed by atoms with Crippen molar-refractivity contribution >= 4 is 5.97 Å². The predicted octanol–water partition coefficient (Wildman–Crippen LogP) is 3.31. The summed E-state index contributed by atoms with van der Waals surface area (Å²) >= 11 is 0. The maximum Gasteiger partial charge on any atom is 0.433 e. The second-order valence-electron chi connectivity index (χ2n) is 3.41. The highest BCUT2D eigenvalue weighted by atomic mass is 19.4. The second-order valence-corrected chi connectivity index (χ2v) is 3.41. The second kappa shape index (κ2) is 5.32. The zero-order valence-corrected chi connectivity index (χ0v) is 8.40. The lowest BCUT2D eigenvalue weighted by Crippen LogP contribution is -2.48. The molecule has 0 fully saturated rings. The van der Waals surface area contributed by atoms with Crippen LogP contribution in [0.1, 0.15) is 39.0 Å². The zero-order valence-electron chi connectivity index (χ0n) is 8.40. The summed E-state index contributed by atoms with van der Waals surface area (Å²) in [5.74, 6) is -2.45. The molecule has 0 aliphatic carbocycles. The van der Waals surface area contributed by atoms with Crippen molar-refractivity contribution in [1.82, 2.24) is 0 Å². The van der Waals surface area contributed by atoms with Gasteiger partial charge in [0.2, 0.25) is 0 Å². The Hall–Kier alpha value is -0.810. The summed E-state index contributed by atoms with van der Waals surface area (Å²) in [5, 5.41) is 8.23. The summed E-state index contributed by atoms with van der Waals surface area (Å²) in [6.45, 7) is 1.85. The van der Waals surface area contributed by atoms with E-state index >= 15 is 0 Å². The third-order valence-electron chi connectivity index (χ3n) is 2.16. The smallest absolute Gasteiger partial charge is 0.433 e. The standard InChI is InChI=1S/C9H14F4O2/c1-2-3-4-5-6-8(10,7(14)15)9(11,12)13/h2-6H2,1H3,(H,14,15)/t8-/m1/s1. The van der Waals surface area contributed by atoms with Crippen molar-refractivity contribution in [3.8, 4) is 0 Å². The lowest BCUT2D eigenvalue weighted by molar-refractivity contribution is -0.238. The van der Waals surface area contributed by atoms with Gasteiger partial charge in [0.1, 0.15) is 0 Å². The quantitative estimate of drug-likeness (QED) is 0.561. The van der Waals surface area contributed by atoms with E-state index in [1.807, 2.05) is 6.92 Å². The Labute approximate surface area is 85.3 Å². The van der Waals surface area contributed by atoms with Gasteiger partial charge in [-0.25, -0.2) is 9.18 Å². The van der Waals surface area contributed by atoms with Crippen LogP contribution >= 0.6 is 0 Å². The van der Waals surface area contributed by atoms with E-state index in [0.717, 1.165) is 6.42 Å². The van der Waals surface area contributed by atoms with Gasteiger partial charge in [-0.2, -0.15) is 13.2 Å². The van der Waals surface area contributed by atoms with Gasteiger partial charge in [-0.1, -0.05) is 26.2 Å². The Morgan fingerprint density at radius 3 is 2.00 bits per heavy atom. The SMILES string of the molecule is CCCCCC[C@@](F)(C(=O)O)C(F)(F)F. The minimum Gasteiger partial charge on any atom is -0.479 e. The van der Waals surface area contributed by atoms with Gasteiger partial charge in [-0.15, -0.1) is 0 Å². The Kier molecular flexibility index (Phi) is 5.03. The van der Waals surface area contributed by atoms with Crippen molar-refractivity contribution in [3.63, 3.8) is 0 Å². The topological polar surface area (TPSA) is 37.3 Å². The lowest BCUT2D eigenvalue weighted by atomic mass is 9.97. The molecule has 0 amide bonds. The predicted molar refractivity (Wildman–Crippen MR) is 46.3 cm³/mol. The van der Waals surface area contributed by atoms with Gasteiger partial charge >= 0.3 is 17.8 Å². The van der Waals surface area contributed by atoms with Crippen molar-refractivity contribution in [1.29, 1.82) is 0 Å². The Morgan fingerprint density at radius 2 is 1.67 bits per heavy atom. The molecule has 2 nitrogen and oxygen atoms in total. The van der Waals surface area contributed by atoms with Crippen LogP contribution in [0.25, 0.3) is 0 Å². The fraction of sp³-hybridized carbons (Fsp3) is 0.889. The van der Waals surface area contributed by atoms with E-state index < -0.39 is 24.2 Å². The molecule has 0 radical (unpaired) electrons. The molecule has 0 aromatic rings. The number of aliphatic carboxylic acids is 1. The van der Waals surface area contributed by atoms with Gasteiger partial charge in [0.25, 0.3) is 0 Å². The summed E-state index contributed by atoms with van der Waals surface area (Å²) in [7, 11) is 0. The summed E-state index contributed by atoms with van der Waals surface area (Å²) < 4.78 is 49.4. The average Bonchev–Trinajstić information content (AvgIpc) is 2.09. The zero-order chi connectivity index (χ0) is 12.1. The fourth-order valence-electron chi connectivity index (χ4n) is 1.17. The largest absolute Gasteiger partial charge is 0.479 e. The molecule has 0 aromatic carbocycles. The molecular weight excluding hydrogens is 216 g/mol. The Balaban J connectivity index is 4.35. The van der Waals surface area contributed by atoms with E-state index in [9.17, 15) is 22.4 Å². The van der Waals surface area contributed by atoms with Crippen LogP contribution in [0.15, 0.2) is 0 Å². The summed E-state index contributed by atoms with van der Waals surface area (Å²) in [4.78, 5) is 10.2. The Bertz CT molecular complexity index is 215. The van der Waals surface area contributed by atoms with Gasteiger partial charge in [-0.05, 0) is 6.42 Å². The minimum atomic E-state index is -5.34. The van der Waals surface area contributed by atoms with Crippen molar-refractivity contribution in [2.45, 2.75) is 50.9 Å². The molecule has 0 unspecified atom stereocenters. The molecule has 15 heavy (non-hydrogen) atoms. The average molecular weight is 230 g/mol.